The van der Waals surface area contributed by atoms with Crippen molar-refractivity contribution in [2.45, 2.75) is 561 Å². The lowest BCUT2D eigenvalue weighted by atomic mass is 9.96. The van der Waals surface area contributed by atoms with E-state index in [2.05, 4.69) is 19.2 Å². The van der Waals surface area contributed by atoms with Crippen LogP contribution in [0.3, 0.4) is 0 Å². The van der Waals surface area contributed by atoms with Crippen LogP contribution in [0.5, 0.6) is 0 Å². The Morgan fingerprint density at radius 3 is 0.825 bits per heavy atom. The van der Waals surface area contributed by atoms with Gasteiger partial charge in [-0.05, 0) is 19.3 Å². The molecule has 3 aliphatic rings. The maximum atomic E-state index is 13.5. The van der Waals surface area contributed by atoms with Crippen molar-refractivity contribution in [3.05, 3.63) is 12.2 Å². The predicted octanol–water partition coefficient (Wildman–Crippen LogP) is 19.8. The molecule has 3 aliphatic heterocycles. The standard InChI is InChI=1S/C95H183NO18/c1-3-5-7-9-11-13-15-17-19-21-23-25-27-29-31-33-35-37-38-39-40-41-43-45-47-49-51-53-55-57-59-61-63-65-67-69-71-73-83(101)96-78(79(100)72-70-68-66-64-62-60-58-56-54-52-50-48-46-44-42-36-34-32-30-28-26-24-22-20-18-16-14-12-10-8-6-4-2)77-109-93-89(107)86(104)91(81(75-98)111-93)114-95-90(108)87(105)92(82(76-99)112-95)113-94-88(106)85(103)84(102)80(74-97)110-94/h70,72,78-82,84-95,97-100,102-108H,3-69,71,73-77H2,1-2H3,(H,96,101)/b72-70+. The summed E-state index contributed by atoms with van der Waals surface area (Å²) < 4.78 is 34.6. The molecule has 12 N–H and O–H groups in total. The van der Waals surface area contributed by atoms with Gasteiger partial charge in [-0.1, -0.05) is 443 Å². The fourth-order valence-electron chi connectivity index (χ4n) is 17.1. The first-order chi connectivity index (χ1) is 55.8. The van der Waals surface area contributed by atoms with E-state index in [1.807, 2.05) is 6.08 Å². The second-order valence-electron chi connectivity index (χ2n) is 35.3. The summed E-state index contributed by atoms with van der Waals surface area (Å²) in [6.45, 7) is 1.83. The predicted molar refractivity (Wildman–Crippen MR) is 462 cm³/mol. The number of hydrogen-bond donors (Lipinski definition) is 12. The summed E-state index contributed by atoms with van der Waals surface area (Å²) in [7, 11) is 0. The van der Waals surface area contributed by atoms with Gasteiger partial charge in [0.25, 0.3) is 0 Å². The zero-order chi connectivity index (χ0) is 82.4. The lowest BCUT2D eigenvalue weighted by Gasteiger charge is -2.48. The van der Waals surface area contributed by atoms with Crippen molar-refractivity contribution < 1.29 is 89.4 Å². The fraction of sp³-hybridized carbons (Fsp3) is 0.968. The number of nitrogens with one attached hydrogen (secondary N) is 1. The van der Waals surface area contributed by atoms with Crippen LogP contribution < -0.4 is 5.32 Å². The second-order valence-corrected chi connectivity index (χ2v) is 35.3. The van der Waals surface area contributed by atoms with Crippen molar-refractivity contribution >= 4 is 5.91 Å². The number of carbonyl (C=O) groups is 1. The molecule has 17 atom stereocenters. The van der Waals surface area contributed by atoms with Gasteiger partial charge in [0.15, 0.2) is 18.9 Å². The Balaban J connectivity index is 1.29. The lowest BCUT2D eigenvalue weighted by molar-refractivity contribution is -0.379. The Morgan fingerprint density at radius 1 is 0.307 bits per heavy atom. The number of ether oxygens (including phenoxy) is 6. The molecule has 0 aromatic carbocycles. The van der Waals surface area contributed by atoms with Crippen LogP contribution in [0.1, 0.15) is 457 Å². The molecule has 0 bridgehead atoms. The average Bonchev–Trinajstić information content (AvgIpc) is 0.779. The SMILES string of the molecule is CCCCCCCCCCCCCCCCCCCCCCCCCCCCCCCC/C=C/C(O)C(COC1OC(CO)C(OC2OC(CO)C(OC3OC(CO)C(O)C(O)C3O)C(O)C2O)C(O)C1O)NC(=O)CCCCCCCCCCCCCCCCCCCCCCCCCCCCCCCCCCCCCCC. The van der Waals surface area contributed by atoms with Gasteiger partial charge in [0.2, 0.25) is 5.91 Å². The lowest BCUT2D eigenvalue weighted by Crippen LogP contribution is -2.66. The largest absolute Gasteiger partial charge is 0.394 e. The van der Waals surface area contributed by atoms with E-state index in [4.69, 9.17) is 28.4 Å². The second kappa shape index (κ2) is 75.3. The van der Waals surface area contributed by atoms with Crippen LogP contribution >= 0.6 is 0 Å². The van der Waals surface area contributed by atoms with E-state index in [1.54, 1.807) is 6.08 Å². The first-order valence-corrected chi connectivity index (χ1v) is 48.9. The van der Waals surface area contributed by atoms with Crippen LogP contribution in [-0.2, 0) is 33.2 Å². The Morgan fingerprint density at radius 2 is 0.544 bits per heavy atom. The van der Waals surface area contributed by atoms with Crippen molar-refractivity contribution in [3.63, 3.8) is 0 Å². The van der Waals surface area contributed by atoms with Gasteiger partial charge in [0, 0.05) is 6.42 Å². The first-order valence-electron chi connectivity index (χ1n) is 48.9. The molecule has 0 radical (unpaired) electrons. The molecule has 0 aromatic heterocycles. The van der Waals surface area contributed by atoms with Crippen LogP contribution in [0.2, 0.25) is 0 Å². The minimum Gasteiger partial charge on any atom is -0.394 e. The highest BCUT2D eigenvalue weighted by Crippen LogP contribution is 2.34. The van der Waals surface area contributed by atoms with E-state index in [0.717, 1.165) is 44.9 Å². The van der Waals surface area contributed by atoms with Gasteiger partial charge in [-0.15, -0.1) is 0 Å². The molecule has 0 aliphatic carbocycles. The Bertz CT molecular complexity index is 2100. The van der Waals surface area contributed by atoms with Gasteiger partial charge in [-0.2, -0.15) is 0 Å². The summed E-state index contributed by atoms with van der Waals surface area (Å²) in [5.41, 5.74) is 0. The summed E-state index contributed by atoms with van der Waals surface area (Å²) in [6, 6.07) is -0.972. The van der Waals surface area contributed by atoms with Crippen LogP contribution in [0.15, 0.2) is 12.2 Å². The van der Waals surface area contributed by atoms with Gasteiger partial charge in [-0.25, -0.2) is 0 Å². The molecule has 114 heavy (non-hydrogen) atoms. The maximum absolute atomic E-state index is 13.5. The molecule has 3 heterocycles. The summed E-state index contributed by atoms with van der Waals surface area (Å²) in [4.78, 5) is 13.5. The molecule has 19 heteroatoms. The minimum absolute atomic E-state index is 0.251. The highest BCUT2D eigenvalue weighted by molar-refractivity contribution is 5.76. The Hall–Kier alpha value is -1.47. The molecule has 0 saturated carbocycles. The molecular formula is C95H183NO18. The fourth-order valence-corrected chi connectivity index (χ4v) is 17.1. The molecular weight excluding hydrogens is 1440 g/mol. The average molecular weight is 1630 g/mol. The molecule has 0 aromatic rings. The van der Waals surface area contributed by atoms with Gasteiger partial charge in [0.05, 0.1) is 38.6 Å². The zero-order valence-electron chi connectivity index (χ0n) is 73.4. The smallest absolute Gasteiger partial charge is 0.220 e. The van der Waals surface area contributed by atoms with Crippen molar-refractivity contribution in [1.29, 1.82) is 0 Å². The van der Waals surface area contributed by atoms with Crippen LogP contribution in [0.25, 0.3) is 0 Å². The van der Waals surface area contributed by atoms with Crippen molar-refractivity contribution in [3.8, 4) is 0 Å². The monoisotopic (exact) mass is 1630 g/mol. The molecule has 676 valence electrons. The van der Waals surface area contributed by atoms with E-state index < -0.39 is 124 Å². The summed E-state index contributed by atoms with van der Waals surface area (Å²) in [6.07, 6.45) is 68.3. The first kappa shape index (κ1) is 107. The molecule has 3 saturated heterocycles. The number of hydrogen-bond acceptors (Lipinski definition) is 18. The van der Waals surface area contributed by atoms with Crippen LogP contribution in [-0.4, -0.2) is 193 Å². The quantitative estimate of drug-likeness (QED) is 0.0199. The summed E-state index contributed by atoms with van der Waals surface area (Å²) in [5.74, 6) is -0.263. The van der Waals surface area contributed by atoms with Crippen molar-refractivity contribution in [1.82, 2.24) is 5.32 Å². The summed E-state index contributed by atoms with van der Waals surface area (Å²) in [5, 5.41) is 121. The molecule has 0 spiro atoms. The normalized spacial score (nSPS) is 24.7. The number of aliphatic hydroxyl groups excluding tert-OH is 11. The van der Waals surface area contributed by atoms with Crippen LogP contribution in [0.4, 0.5) is 0 Å². The van der Waals surface area contributed by atoms with E-state index in [-0.39, 0.29) is 18.9 Å². The number of aliphatic hydroxyl groups is 11. The van der Waals surface area contributed by atoms with E-state index in [1.165, 1.54) is 385 Å². The highest BCUT2D eigenvalue weighted by atomic mass is 16.8. The van der Waals surface area contributed by atoms with Gasteiger partial charge < -0.3 is 89.9 Å². The topological polar surface area (TPSA) is 307 Å². The number of unbranched alkanes of at least 4 members (excludes halogenated alkanes) is 66. The van der Waals surface area contributed by atoms with E-state index in [9.17, 15) is 61.0 Å². The van der Waals surface area contributed by atoms with E-state index >= 15 is 0 Å². The number of rotatable bonds is 82. The molecule has 19 nitrogen and oxygen atoms in total. The van der Waals surface area contributed by atoms with E-state index in [0.29, 0.717) is 6.42 Å². The third-order valence-corrected chi connectivity index (χ3v) is 24.8. The third-order valence-electron chi connectivity index (χ3n) is 24.8. The van der Waals surface area contributed by atoms with Gasteiger partial charge in [-0.3, -0.25) is 4.79 Å². The Kier molecular flexibility index (Phi) is 70.5. The van der Waals surface area contributed by atoms with Crippen molar-refractivity contribution in [2.24, 2.45) is 0 Å². The molecule has 1 amide bonds. The highest BCUT2D eigenvalue weighted by Gasteiger charge is 2.54. The number of carbonyl (C=O) groups excluding carboxylic acids is 1. The summed E-state index contributed by atoms with van der Waals surface area (Å²) >= 11 is 0. The Labute approximate surface area is 696 Å². The zero-order valence-corrected chi connectivity index (χ0v) is 73.4. The molecule has 17 unspecified atom stereocenters. The number of allylic oxidation sites excluding steroid dienone is 1. The third kappa shape index (κ3) is 52.8. The van der Waals surface area contributed by atoms with Crippen LogP contribution in [0, 0.1) is 0 Å². The minimum atomic E-state index is -1.98. The van der Waals surface area contributed by atoms with Crippen molar-refractivity contribution in [2.75, 3.05) is 26.4 Å². The number of amides is 1. The molecule has 3 fully saturated rings. The van der Waals surface area contributed by atoms with Gasteiger partial charge in [0.1, 0.15) is 73.2 Å². The maximum Gasteiger partial charge on any atom is 0.220 e. The van der Waals surface area contributed by atoms with Gasteiger partial charge >= 0.3 is 0 Å². The molecule has 3 rings (SSSR count).